The third-order valence-electron chi connectivity index (χ3n) is 2.53. The van der Waals surface area contributed by atoms with E-state index in [4.69, 9.17) is 5.73 Å². The van der Waals surface area contributed by atoms with Crippen molar-refractivity contribution in [1.82, 2.24) is 20.2 Å². The Morgan fingerprint density at radius 2 is 2.14 bits per heavy atom. The number of hydrogen-bond acceptors (Lipinski definition) is 7. The number of nitrogen functional groups attached to an aromatic ring is 1. The highest BCUT2D eigenvalue weighted by Crippen LogP contribution is 2.28. The number of halogens is 2. The van der Waals surface area contributed by atoms with Gasteiger partial charge in [-0.25, -0.2) is 4.98 Å². The van der Waals surface area contributed by atoms with Crippen molar-refractivity contribution in [1.29, 1.82) is 0 Å². The van der Waals surface area contributed by atoms with Gasteiger partial charge in [-0.2, -0.15) is 0 Å². The fourth-order valence-corrected chi connectivity index (χ4v) is 4.51. The Labute approximate surface area is 143 Å². The lowest BCUT2D eigenvalue weighted by molar-refractivity contribution is 1.01. The van der Waals surface area contributed by atoms with E-state index in [0.29, 0.717) is 27.6 Å². The van der Waals surface area contributed by atoms with Crippen LogP contribution in [-0.4, -0.2) is 20.2 Å². The van der Waals surface area contributed by atoms with Crippen LogP contribution in [0.1, 0.15) is 5.82 Å². The molecule has 0 spiro atoms. The number of nitrogens with one attached hydrogen (secondary N) is 1. The largest absolute Gasteiger partial charge is 0.374 e. The first-order valence-electron chi connectivity index (χ1n) is 5.62. The molecule has 0 amide bonds. The highest BCUT2D eigenvalue weighted by molar-refractivity contribution is 9.11. The zero-order valence-electron chi connectivity index (χ0n) is 10.3. The molecule has 2 aromatic heterocycles. The Bertz CT molecular complexity index is 879. The van der Waals surface area contributed by atoms with Gasteiger partial charge in [0.15, 0.2) is 4.34 Å². The van der Waals surface area contributed by atoms with Gasteiger partial charge in [0, 0.05) is 8.95 Å². The van der Waals surface area contributed by atoms with Gasteiger partial charge in [-0.15, -0.1) is 10.2 Å². The average Bonchev–Trinajstić information content (AvgIpc) is 2.83. The molecule has 6 nitrogen and oxygen atoms in total. The molecule has 3 aromatic rings. The molecule has 0 aliphatic rings. The highest BCUT2D eigenvalue weighted by atomic mass is 79.9. The van der Waals surface area contributed by atoms with Crippen LogP contribution in [0.2, 0.25) is 0 Å². The minimum Gasteiger partial charge on any atom is -0.374 e. The third-order valence-corrected chi connectivity index (χ3v) is 5.49. The van der Waals surface area contributed by atoms with Crippen LogP contribution in [-0.2, 0) is 5.75 Å². The molecule has 3 N–H and O–H groups in total. The number of hydrogen-bond donors (Lipinski definition) is 2. The lowest BCUT2D eigenvalue weighted by Crippen LogP contribution is -2.11. The van der Waals surface area contributed by atoms with Crippen molar-refractivity contribution in [2.45, 2.75) is 10.1 Å². The molecule has 0 bridgehead atoms. The second-order valence-electron chi connectivity index (χ2n) is 3.99. The summed E-state index contributed by atoms with van der Waals surface area (Å²) < 4.78 is 2.33. The van der Waals surface area contributed by atoms with Crippen molar-refractivity contribution in [2.75, 3.05) is 5.73 Å². The molecule has 1 aromatic carbocycles. The van der Waals surface area contributed by atoms with Gasteiger partial charge in [0.05, 0.1) is 16.7 Å². The fraction of sp³-hybridized carbons (Fsp3) is 0.0909. The van der Waals surface area contributed by atoms with Crippen LogP contribution < -0.4 is 11.3 Å². The van der Waals surface area contributed by atoms with Crippen LogP contribution in [0, 0.1) is 0 Å². The summed E-state index contributed by atoms with van der Waals surface area (Å²) in [5.41, 5.74) is 5.99. The monoisotopic (exact) mass is 447 g/mol. The molecular weight excluding hydrogens is 442 g/mol. The first-order chi connectivity index (χ1) is 10.0. The molecule has 0 unspecified atom stereocenters. The van der Waals surface area contributed by atoms with E-state index >= 15 is 0 Å². The molecule has 3 rings (SSSR count). The molecule has 0 fully saturated rings. The van der Waals surface area contributed by atoms with E-state index in [1.807, 2.05) is 6.07 Å². The zero-order valence-corrected chi connectivity index (χ0v) is 15.1. The van der Waals surface area contributed by atoms with Crippen molar-refractivity contribution in [3.63, 3.8) is 0 Å². The van der Waals surface area contributed by atoms with Gasteiger partial charge in [-0.1, -0.05) is 39.0 Å². The standard InChI is InChI=1S/C11H7Br2N5OS2/c12-4-1-5-8(6(13)2-4)15-7(16-9(5)19)3-20-11-18-17-10(14)21-11/h1-2H,3H2,(H2,14,17)(H,15,16,19). The van der Waals surface area contributed by atoms with Crippen molar-refractivity contribution in [3.8, 4) is 0 Å². The first kappa shape index (κ1) is 14.9. The van der Waals surface area contributed by atoms with E-state index in [-0.39, 0.29) is 5.56 Å². The Kier molecular flexibility index (Phi) is 4.29. The number of rotatable bonds is 3. The molecule has 0 saturated carbocycles. The summed E-state index contributed by atoms with van der Waals surface area (Å²) in [5.74, 6) is 1.07. The molecule has 0 aliphatic carbocycles. The van der Waals surface area contributed by atoms with Gasteiger partial charge >= 0.3 is 0 Å². The summed E-state index contributed by atoms with van der Waals surface area (Å²) >= 11 is 9.52. The molecule has 0 radical (unpaired) electrons. The van der Waals surface area contributed by atoms with Gasteiger partial charge in [0.2, 0.25) is 5.13 Å². The van der Waals surface area contributed by atoms with Crippen molar-refractivity contribution < 1.29 is 0 Å². The maximum atomic E-state index is 12.1. The number of nitrogens with two attached hydrogens (primary N) is 1. The quantitative estimate of drug-likeness (QED) is 0.597. The van der Waals surface area contributed by atoms with Gasteiger partial charge < -0.3 is 10.7 Å². The van der Waals surface area contributed by atoms with Crippen molar-refractivity contribution in [3.05, 3.63) is 37.3 Å². The summed E-state index contributed by atoms with van der Waals surface area (Å²) in [6.45, 7) is 0. The van der Waals surface area contributed by atoms with Gasteiger partial charge in [-0.3, -0.25) is 4.79 Å². The van der Waals surface area contributed by atoms with Crippen molar-refractivity contribution >= 4 is 71.0 Å². The first-order valence-corrected chi connectivity index (χ1v) is 9.01. The summed E-state index contributed by atoms with van der Waals surface area (Å²) in [6, 6.07) is 3.60. The number of fused-ring (bicyclic) bond motifs is 1. The molecule has 0 aliphatic heterocycles. The van der Waals surface area contributed by atoms with Crippen LogP contribution in [0.25, 0.3) is 10.9 Å². The minimum absolute atomic E-state index is 0.172. The average molecular weight is 449 g/mol. The second-order valence-corrected chi connectivity index (χ2v) is 7.99. The van der Waals surface area contributed by atoms with E-state index in [9.17, 15) is 4.79 Å². The number of H-pyrrole nitrogens is 1. The Hall–Kier alpha value is -0.970. The number of nitrogens with zero attached hydrogens (tertiary/aromatic N) is 3. The summed E-state index contributed by atoms with van der Waals surface area (Å²) in [5, 5.41) is 8.61. The predicted molar refractivity (Wildman–Crippen MR) is 91.6 cm³/mol. The maximum Gasteiger partial charge on any atom is 0.258 e. The fourth-order valence-electron chi connectivity index (χ4n) is 1.69. The number of anilines is 1. The van der Waals surface area contributed by atoms with Crippen molar-refractivity contribution in [2.24, 2.45) is 0 Å². The Balaban J connectivity index is 1.95. The van der Waals surface area contributed by atoms with E-state index in [0.717, 1.165) is 13.3 Å². The second kappa shape index (κ2) is 6.03. The summed E-state index contributed by atoms with van der Waals surface area (Å²) in [4.78, 5) is 19.4. The smallest absolute Gasteiger partial charge is 0.258 e. The van der Waals surface area contributed by atoms with Crippen LogP contribution in [0.15, 0.2) is 30.2 Å². The van der Waals surface area contributed by atoms with E-state index in [1.54, 1.807) is 6.07 Å². The topological polar surface area (TPSA) is 97.5 Å². The highest BCUT2D eigenvalue weighted by Gasteiger charge is 2.10. The SMILES string of the molecule is Nc1nnc(SCc2nc3c(Br)cc(Br)cc3c(=O)[nH]2)s1. The Morgan fingerprint density at radius 3 is 2.86 bits per heavy atom. The number of aromatic nitrogens is 4. The molecule has 0 saturated heterocycles. The van der Waals surface area contributed by atoms with Gasteiger partial charge in [-0.05, 0) is 28.1 Å². The molecule has 0 atom stereocenters. The van der Waals surface area contributed by atoms with Crippen LogP contribution >= 0.6 is 55.0 Å². The van der Waals surface area contributed by atoms with Crippen LogP contribution in [0.3, 0.4) is 0 Å². The minimum atomic E-state index is -0.172. The summed E-state index contributed by atoms with van der Waals surface area (Å²) in [7, 11) is 0. The predicted octanol–water partition coefficient (Wildman–Crippen LogP) is 3.17. The molecule has 2 heterocycles. The molecule has 21 heavy (non-hydrogen) atoms. The molecule has 108 valence electrons. The number of thioether (sulfide) groups is 1. The maximum absolute atomic E-state index is 12.1. The Morgan fingerprint density at radius 1 is 1.33 bits per heavy atom. The van der Waals surface area contributed by atoms with Crippen LogP contribution in [0.4, 0.5) is 5.13 Å². The number of aromatic amines is 1. The third kappa shape index (κ3) is 3.28. The lowest BCUT2D eigenvalue weighted by Gasteiger charge is -2.04. The van der Waals surface area contributed by atoms with Crippen LogP contribution in [0.5, 0.6) is 0 Å². The number of benzene rings is 1. The molecule has 10 heteroatoms. The van der Waals surface area contributed by atoms with Gasteiger partial charge in [0.25, 0.3) is 5.56 Å². The summed E-state index contributed by atoms with van der Waals surface area (Å²) in [6.07, 6.45) is 0. The lowest BCUT2D eigenvalue weighted by atomic mass is 10.2. The van der Waals surface area contributed by atoms with E-state index < -0.39 is 0 Å². The normalized spacial score (nSPS) is 11.1. The zero-order chi connectivity index (χ0) is 15.0. The van der Waals surface area contributed by atoms with E-state index in [1.165, 1.54) is 23.1 Å². The van der Waals surface area contributed by atoms with E-state index in [2.05, 4.69) is 52.0 Å². The molecular formula is C11H7Br2N5OS2. The van der Waals surface area contributed by atoms with Gasteiger partial charge in [0.1, 0.15) is 5.82 Å².